The van der Waals surface area contributed by atoms with Crippen LogP contribution in [0.2, 0.25) is 0 Å². The fraction of sp³-hybridized carbons (Fsp3) is 0.381. The number of thiophene rings is 1. The summed E-state index contributed by atoms with van der Waals surface area (Å²) in [6, 6.07) is 7.88. The molecule has 0 unspecified atom stereocenters. The number of amides is 2. The van der Waals surface area contributed by atoms with Crippen LogP contribution in [0.4, 0.5) is 10.6 Å². The van der Waals surface area contributed by atoms with Gasteiger partial charge in [0.2, 0.25) is 0 Å². The molecule has 2 amide bonds. The highest BCUT2D eigenvalue weighted by Gasteiger charge is 2.23. The molecule has 3 aromatic rings. The summed E-state index contributed by atoms with van der Waals surface area (Å²) in [5.74, 6) is 2.13. The van der Waals surface area contributed by atoms with Crippen molar-refractivity contribution >= 4 is 34.1 Å². The van der Waals surface area contributed by atoms with E-state index in [1.165, 1.54) is 4.88 Å². The second-order valence-electron chi connectivity index (χ2n) is 6.96. The number of methoxy groups -OCH3 is 2. The lowest BCUT2D eigenvalue weighted by Crippen LogP contribution is -2.52. The van der Waals surface area contributed by atoms with Gasteiger partial charge in [-0.25, -0.2) is 14.8 Å². The molecule has 0 aliphatic carbocycles. The van der Waals surface area contributed by atoms with Gasteiger partial charge in [-0.1, -0.05) is 6.07 Å². The van der Waals surface area contributed by atoms with Gasteiger partial charge in [0.25, 0.3) is 0 Å². The lowest BCUT2D eigenvalue weighted by molar-refractivity contribution is 0.194. The summed E-state index contributed by atoms with van der Waals surface area (Å²) in [7, 11) is 3.22. The van der Waals surface area contributed by atoms with Crippen molar-refractivity contribution in [3.63, 3.8) is 0 Å². The Hall–Kier alpha value is -3.07. The van der Waals surface area contributed by atoms with E-state index in [9.17, 15) is 4.79 Å². The van der Waals surface area contributed by atoms with E-state index in [-0.39, 0.29) is 6.03 Å². The first kappa shape index (κ1) is 20.2. The first-order valence-corrected chi connectivity index (χ1v) is 10.7. The molecule has 4 rings (SSSR count). The predicted molar refractivity (Wildman–Crippen MR) is 118 cm³/mol. The molecule has 9 heteroatoms. The molecule has 1 aliphatic heterocycles. The highest BCUT2D eigenvalue weighted by molar-refractivity contribution is 7.09. The zero-order chi connectivity index (χ0) is 20.9. The van der Waals surface area contributed by atoms with Crippen molar-refractivity contribution in [1.82, 2.24) is 20.2 Å². The number of piperazine rings is 1. The van der Waals surface area contributed by atoms with E-state index in [0.717, 1.165) is 23.1 Å². The molecule has 1 N–H and O–H groups in total. The van der Waals surface area contributed by atoms with Gasteiger partial charge in [0, 0.05) is 49.1 Å². The first-order chi connectivity index (χ1) is 14.7. The third kappa shape index (κ3) is 4.25. The number of hydrogen-bond acceptors (Lipinski definition) is 7. The summed E-state index contributed by atoms with van der Waals surface area (Å²) in [6.07, 6.45) is 2.43. The topological polar surface area (TPSA) is 79.8 Å². The highest BCUT2D eigenvalue weighted by atomic mass is 32.1. The molecule has 8 nitrogen and oxygen atoms in total. The number of urea groups is 1. The summed E-state index contributed by atoms with van der Waals surface area (Å²) < 4.78 is 10.8. The maximum atomic E-state index is 12.5. The van der Waals surface area contributed by atoms with Gasteiger partial charge in [-0.3, -0.25) is 0 Å². The van der Waals surface area contributed by atoms with Crippen molar-refractivity contribution in [2.75, 3.05) is 51.8 Å². The van der Waals surface area contributed by atoms with Gasteiger partial charge in [0.1, 0.15) is 12.1 Å². The van der Waals surface area contributed by atoms with Gasteiger partial charge >= 0.3 is 6.03 Å². The minimum absolute atomic E-state index is 0.00911. The van der Waals surface area contributed by atoms with Crippen molar-refractivity contribution in [2.24, 2.45) is 0 Å². The van der Waals surface area contributed by atoms with Gasteiger partial charge in [0.15, 0.2) is 11.5 Å². The summed E-state index contributed by atoms with van der Waals surface area (Å²) in [5, 5.41) is 5.98. The third-order valence-electron chi connectivity index (χ3n) is 5.21. The number of ether oxygens (including phenoxy) is 2. The summed E-state index contributed by atoms with van der Waals surface area (Å²) >= 11 is 1.71. The van der Waals surface area contributed by atoms with Crippen LogP contribution < -0.4 is 19.7 Å². The van der Waals surface area contributed by atoms with E-state index in [1.807, 2.05) is 23.1 Å². The zero-order valence-electron chi connectivity index (χ0n) is 17.1. The largest absolute Gasteiger partial charge is 0.493 e. The maximum absolute atomic E-state index is 12.5. The van der Waals surface area contributed by atoms with Crippen molar-refractivity contribution < 1.29 is 14.3 Å². The molecular weight excluding hydrogens is 402 g/mol. The molecule has 158 valence electrons. The van der Waals surface area contributed by atoms with Crippen LogP contribution in [-0.4, -0.2) is 67.8 Å². The van der Waals surface area contributed by atoms with E-state index < -0.39 is 0 Å². The van der Waals surface area contributed by atoms with E-state index in [0.29, 0.717) is 44.2 Å². The van der Waals surface area contributed by atoms with Crippen molar-refractivity contribution in [2.45, 2.75) is 6.42 Å². The molecule has 0 atom stereocenters. The second-order valence-corrected chi connectivity index (χ2v) is 7.99. The van der Waals surface area contributed by atoms with Crippen LogP contribution in [0.25, 0.3) is 10.9 Å². The molecule has 1 aromatic carbocycles. The summed E-state index contributed by atoms with van der Waals surface area (Å²) in [4.78, 5) is 26.7. The van der Waals surface area contributed by atoms with E-state index in [1.54, 1.807) is 31.9 Å². The molecule has 1 aliphatic rings. The quantitative estimate of drug-likeness (QED) is 0.652. The summed E-state index contributed by atoms with van der Waals surface area (Å²) in [6.45, 7) is 3.35. The van der Waals surface area contributed by atoms with Crippen molar-refractivity contribution in [1.29, 1.82) is 0 Å². The minimum Gasteiger partial charge on any atom is -0.493 e. The van der Waals surface area contributed by atoms with Crippen LogP contribution in [-0.2, 0) is 6.42 Å². The normalized spacial score (nSPS) is 14.1. The Morgan fingerprint density at radius 1 is 1.13 bits per heavy atom. The van der Waals surface area contributed by atoms with Crippen LogP contribution >= 0.6 is 11.3 Å². The van der Waals surface area contributed by atoms with Gasteiger partial charge in [0.05, 0.1) is 19.7 Å². The number of rotatable bonds is 6. The molecule has 2 aromatic heterocycles. The Kier molecular flexibility index (Phi) is 6.18. The minimum atomic E-state index is -0.00911. The lowest BCUT2D eigenvalue weighted by atomic mass is 10.2. The van der Waals surface area contributed by atoms with Crippen LogP contribution in [0.15, 0.2) is 36.0 Å². The molecule has 3 heterocycles. The average molecular weight is 428 g/mol. The SMILES string of the molecule is COc1cc2ncnc(N3CCN(C(=O)NCCc4cccs4)CC3)c2cc1OC. The average Bonchev–Trinajstić information content (AvgIpc) is 3.31. The fourth-order valence-electron chi connectivity index (χ4n) is 3.60. The first-order valence-electron chi connectivity index (χ1n) is 9.86. The molecule has 0 saturated carbocycles. The monoisotopic (exact) mass is 427 g/mol. The predicted octanol–water partition coefficient (Wildman–Crippen LogP) is 2.78. The number of nitrogens with one attached hydrogen (secondary N) is 1. The Bertz CT molecular complexity index is 1000. The van der Waals surface area contributed by atoms with Gasteiger partial charge in [-0.2, -0.15) is 0 Å². The van der Waals surface area contributed by atoms with E-state index in [4.69, 9.17) is 9.47 Å². The second kappa shape index (κ2) is 9.17. The molecule has 30 heavy (non-hydrogen) atoms. The van der Waals surface area contributed by atoms with Crippen LogP contribution in [0.1, 0.15) is 4.88 Å². The van der Waals surface area contributed by atoms with Gasteiger partial charge < -0.3 is 24.6 Å². The standard InChI is InChI=1S/C21H25N5O3S/c1-28-18-12-16-17(13-19(18)29-2)23-14-24-20(16)25-7-9-26(10-8-25)21(27)22-6-5-15-4-3-11-30-15/h3-4,11-14H,5-10H2,1-2H3,(H,22,27). The molecule has 0 radical (unpaired) electrons. The van der Waals surface area contributed by atoms with Crippen LogP contribution in [0.5, 0.6) is 11.5 Å². The smallest absolute Gasteiger partial charge is 0.317 e. The number of nitrogens with zero attached hydrogens (tertiary/aromatic N) is 4. The van der Waals surface area contributed by atoms with Crippen LogP contribution in [0.3, 0.4) is 0 Å². The Labute approximate surface area is 179 Å². The van der Waals surface area contributed by atoms with Gasteiger partial charge in [-0.15, -0.1) is 11.3 Å². The van der Waals surface area contributed by atoms with E-state index in [2.05, 4.69) is 31.6 Å². The number of hydrogen-bond donors (Lipinski definition) is 1. The molecule has 0 spiro atoms. The summed E-state index contributed by atoms with van der Waals surface area (Å²) in [5.41, 5.74) is 0.798. The third-order valence-corrected chi connectivity index (χ3v) is 6.15. The number of carbonyl (C=O) groups is 1. The van der Waals surface area contributed by atoms with Crippen molar-refractivity contribution in [3.05, 3.63) is 40.8 Å². The van der Waals surface area contributed by atoms with Crippen molar-refractivity contribution in [3.8, 4) is 11.5 Å². The lowest BCUT2D eigenvalue weighted by Gasteiger charge is -2.35. The van der Waals surface area contributed by atoms with Crippen LogP contribution in [0, 0.1) is 0 Å². The Morgan fingerprint density at radius 3 is 2.60 bits per heavy atom. The fourth-order valence-corrected chi connectivity index (χ4v) is 4.31. The molecule has 0 bridgehead atoms. The number of benzene rings is 1. The van der Waals surface area contributed by atoms with E-state index >= 15 is 0 Å². The highest BCUT2D eigenvalue weighted by Crippen LogP contribution is 2.34. The number of aromatic nitrogens is 2. The molecule has 1 saturated heterocycles. The van der Waals surface area contributed by atoms with Gasteiger partial charge in [-0.05, 0) is 23.9 Å². The Morgan fingerprint density at radius 2 is 1.90 bits per heavy atom. The maximum Gasteiger partial charge on any atom is 0.317 e. The molecular formula is C21H25N5O3S. The zero-order valence-corrected chi connectivity index (χ0v) is 17.9. The number of anilines is 1. The number of carbonyl (C=O) groups excluding carboxylic acids is 1. The molecule has 1 fully saturated rings. The number of fused-ring (bicyclic) bond motifs is 1. The Balaban J connectivity index is 1.40.